The molecular formula is C23H40N3+3. The van der Waals surface area contributed by atoms with Crippen LogP contribution in [0.15, 0.2) is 30.3 Å². The van der Waals surface area contributed by atoms with Gasteiger partial charge < -0.3 is 14.7 Å². The van der Waals surface area contributed by atoms with Gasteiger partial charge in [0.1, 0.15) is 32.7 Å². The fourth-order valence-electron chi connectivity index (χ4n) is 6.09. The quantitative estimate of drug-likeness (QED) is 0.648. The van der Waals surface area contributed by atoms with Crippen LogP contribution < -0.4 is 14.7 Å². The van der Waals surface area contributed by atoms with Crippen LogP contribution in [0.1, 0.15) is 51.0 Å². The average Bonchev–Trinajstić information content (AvgIpc) is 2.70. The molecule has 2 aliphatic heterocycles. The second-order valence-electron chi connectivity index (χ2n) is 9.37. The van der Waals surface area contributed by atoms with E-state index in [-0.39, 0.29) is 0 Å². The van der Waals surface area contributed by atoms with Gasteiger partial charge in [-0.15, -0.1) is 0 Å². The van der Waals surface area contributed by atoms with Crippen molar-refractivity contribution in [3.63, 3.8) is 0 Å². The van der Waals surface area contributed by atoms with Gasteiger partial charge in [0.05, 0.1) is 25.2 Å². The molecule has 1 saturated carbocycles. The lowest BCUT2D eigenvalue weighted by atomic mass is 9.84. The molecule has 0 unspecified atom stereocenters. The molecule has 0 spiro atoms. The largest absolute Gasteiger partial charge is 0.331 e. The van der Waals surface area contributed by atoms with Gasteiger partial charge in [0.15, 0.2) is 0 Å². The molecule has 144 valence electrons. The van der Waals surface area contributed by atoms with Gasteiger partial charge >= 0.3 is 0 Å². The summed E-state index contributed by atoms with van der Waals surface area (Å²) in [6.07, 6.45) is 8.81. The molecule has 1 aromatic rings. The number of nitrogens with one attached hydrogen (secondary N) is 3. The lowest BCUT2D eigenvalue weighted by Crippen LogP contribution is -3.32. The third-order valence-electron chi connectivity index (χ3n) is 7.74. The first-order chi connectivity index (χ1) is 12.8. The van der Waals surface area contributed by atoms with Crippen LogP contribution >= 0.6 is 0 Å². The second kappa shape index (κ2) is 8.86. The highest BCUT2D eigenvalue weighted by molar-refractivity contribution is 5.13. The molecule has 0 radical (unpaired) electrons. The Kier molecular flexibility index (Phi) is 6.29. The molecule has 0 aromatic heterocycles. The smallest absolute Gasteiger partial charge is 0.127 e. The monoisotopic (exact) mass is 358 g/mol. The minimum absolute atomic E-state index is 0.944. The lowest BCUT2D eigenvalue weighted by molar-refractivity contribution is -1.04. The van der Waals surface area contributed by atoms with Gasteiger partial charge in [-0.25, -0.2) is 0 Å². The second-order valence-corrected chi connectivity index (χ2v) is 9.37. The van der Waals surface area contributed by atoms with Crippen LogP contribution in [0.4, 0.5) is 0 Å². The molecule has 3 fully saturated rings. The highest BCUT2D eigenvalue weighted by Gasteiger charge is 2.37. The predicted molar refractivity (Wildman–Crippen MR) is 107 cm³/mol. The number of hydrogen-bond acceptors (Lipinski definition) is 0. The number of likely N-dealkylation sites (tertiary alicyclic amines) is 1. The molecule has 0 amide bonds. The molecule has 26 heavy (non-hydrogen) atoms. The maximum absolute atomic E-state index is 2.52. The van der Waals surface area contributed by atoms with Crippen molar-refractivity contribution in [2.45, 2.75) is 64.1 Å². The van der Waals surface area contributed by atoms with Crippen LogP contribution in [0, 0.1) is 5.92 Å². The minimum Gasteiger partial charge on any atom is -0.331 e. The van der Waals surface area contributed by atoms with Gasteiger partial charge in [-0.2, -0.15) is 0 Å². The lowest BCUT2D eigenvalue weighted by Gasteiger charge is -2.42. The predicted octanol–water partition coefficient (Wildman–Crippen LogP) is -0.404. The highest BCUT2D eigenvalue weighted by Crippen LogP contribution is 2.21. The van der Waals surface area contributed by atoms with Gasteiger partial charge in [0, 0.05) is 24.3 Å². The third kappa shape index (κ3) is 4.49. The standard InChI is InChI=1S/C23H37N3/c1-20-7-5-6-10-23(20)26-17-15-25(16-18-26)22-11-13-24(14-12-22)19-21-8-3-2-4-9-21/h2-4,8-9,20,22-23H,5-7,10-19H2,1H3/p+3/t20-,23+/m0/s1. The Balaban J connectivity index is 1.21. The molecule has 3 heteroatoms. The van der Waals surface area contributed by atoms with Crippen molar-refractivity contribution in [3.8, 4) is 0 Å². The van der Waals surface area contributed by atoms with E-state index in [2.05, 4.69) is 37.3 Å². The Morgan fingerprint density at radius 2 is 1.42 bits per heavy atom. The Labute approximate surface area is 160 Å². The molecule has 3 N–H and O–H groups in total. The van der Waals surface area contributed by atoms with Crippen LogP contribution in [0.25, 0.3) is 0 Å². The summed E-state index contributed by atoms with van der Waals surface area (Å²) in [6.45, 7) is 12.2. The van der Waals surface area contributed by atoms with Crippen LogP contribution in [-0.4, -0.2) is 51.4 Å². The van der Waals surface area contributed by atoms with Crippen molar-refractivity contribution < 1.29 is 14.7 Å². The summed E-state index contributed by atoms with van der Waals surface area (Å²) >= 11 is 0. The molecule has 1 aromatic carbocycles. The SMILES string of the molecule is C[C@H]1CCCC[C@H]1[NH+]1CC[NH+](C2CC[NH+](Cc3ccccc3)CC2)CC1. The van der Waals surface area contributed by atoms with Crippen molar-refractivity contribution in [3.05, 3.63) is 35.9 Å². The first-order valence-electron chi connectivity index (χ1n) is 11.4. The Morgan fingerprint density at radius 3 is 2.12 bits per heavy atom. The number of quaternary nitrogens is 3. The third-order valence-corrected chi connectivity index (χ3v) is 7.74. The molecule has 4 rings (SSSR count). The molecule has 2 saturated heterocycles. The number of piperazine rings is 1. The summed E-state index contributed by atoms with van der Waals surface area (Å²) in [6, 6.07) is 13.0. The summed E-state index contributed by atoms with van der Waals surface area (Å²) in [5.74, 6) is 0.963. The van der Waals surface area contributed by atoms with E-state index >= 15 is 0 Å². The van der Waals surface area contributed by atoms with Crippen LogP contribution in [-0.2, 0) is 6.54 Å². The maximum atomic E-state index is 2.52. The van der Waals surface area contributed by atoms with Gasteiger partial charge in [0.2, 0.25) is 0 Å². The number of hydrogen-bond donors (Lipinski definition) is 3. The van der Waals surface area contributed by atoms with Crippen LogP contribution in [0.2, 0.25) is 0 Å². The van der Waals surface area contributed by atoms with E-state index in [0.717, 1.165) is 18.0 Å². The normalized spacial score (nSPS) is 38.8. The van der Waals surface area contributed by atoms with Crippen molar-refractivity contribution in [2.24, 2.45) is 5.92 Å². The molecule has 1 aliphatic carbocycles. The highest BCUT2D eigenvalue weighted by atomic mass is 15.3. The van der Waals surface area contributed by atoms with Gasteiger partial charge in [0.25, 0.3) is 0 Å². The summed E-state index contributed by atoms with van der Waals surface area (Å²) in [4.78, 5) is 5.69. The topological polar surface area (TPSA) is 13.3 Å². The van der Waals surface area contributed by atoms with Crippen molar-refractivity contribution in [1.29, 1.82) is 0 Å². The summed E-state index contributed by atoms with van der Waals surface area (Å²) in [5.41, 5.74) is 1.51. The number of rotatable bonds is 4. The van der Waals surface area contributed by atoms with Gasteiger partial charge in [-0.3, -0.25) is 0 Å². The molecular weight excluding hydrogens is 318 g/mol. The molecule has 0 bridgehead atoms. The first-order valence-corrected chi connectivity index (χ1v) is 11.4. The van der Waals surface area contributed by atoms with E-state index in [9.17, 15) is 0 Å². The van der Waals surface area contributed by atoms with E-state index in [4.69, 9.17) is 0 Å². The van der Waals surface area contributed by atoms with Crippen molar-refractivity contribution in [1.82, 2.24) is 0 Å². The molecule has 3 nitrogen and oxygen atoms in total. The van der Waals surface area contributed by atoms with Crippen molar-refractivity contribution in [2.75, 3.05) is 39.3 Å². The summed E-state index contributed by atoms with van der Waals surface area (Å²) in [7, 11) is 0. The van der Waals surface area contributed by atoms with E-state index in [1.165, 1.54) is 89.9 Å². The molecule has 2 heterocycles. The van der Waals surface area contributed by atoms with E-state index in [0.29, 0.717) is 0 Å². The maximum Gasteiger partial charge on any atom is 0.127 e. The first kappa shape index (κ1) is 18.5. The average molecular weight is 359 g/mol. The van der Waals surface area contributed by atoms with Gasteiger partial charge in [-0.05, 0) is 19.3 Å². The molecule has 2 atom stereocenters. The Hall–Kier alpha value is -0.900. The Bertz CT molecular complexity index is 530. The number of piperidine rings is 1. The zero-order chi connectivity index (χ0) is 17.8. The zero-order valence-corrected chi connectivity index (χ0v) is 16.8. The summed E-state index contributed by atoms with van der Waals surface area (Å²) in [5, 5.41) is 0. The van der Waals surface area contributed by atoms with Crippen molar-refractivity contribution >= 4 is 0 Å². The summed E-state index contributed by atoms with van der Waals surface area (Å²) < 4.78 is 0. The van der Waals surface area contributed by atoms with E-state index < -0.39 is 0 Å². The van der Waals surface area contributed by atoms with E-state index in [1.807, 2.05) is 9.80 Å². The minimum atomic E-state index is 0.944. The fraction of sp³-hybridized carbons (Fsp3) is 0.739. The number of benzene rings is 1. The Morgan fingerprint density at radius 1 is 0.769 bits per heavy atom. The zero-order valence-electron chi connectivity index (χ0n) is 16.8. The van der Waals surface area contributed by atoms with E-state index in [1.54, 1.807) is 4.90 Å². The van der Waals surface area contributed by atoms with Crippen LogP contribution in [0.5, 0.6) is 0 Å². The van der Waals surface area contributed by atoms with Crippen LogP contribution in [0.3, 0.4) is 0 Å². The van der Waals surface area contributed by atoms with Gasteiger partial charge in [-0.1, -0.05) is 43.7 Å². The molecule has 3 aliphatic rings. The fourth-order valence-corrected chi connectivity index (χ4v) is 6.09.